The van der Waals surface area contributed by atoms with Gasteiger partial charge in [0.05, 0.1) is 5.60 Å². The Balaban J connectivity index is 2.29. The van der Waals surface area contributed by atoms with Gasteiger partial charge in [0.25, 0.3) is 0 Å². The van der Waals surface area contributed by atoms with Crippen molar-refractivity contribution in [3.05, 3.63) is 23.3 Å². The van der Waals surface area contributed by atoms with E-state index in [0.717, 1.165) is 38.5 Å². The third-order valence-electron chi connectivity index (χ3n) is 3.95. The lowest BCUT2D eigenvalue weighted by Gasteiger charge is -2.20. The van der Waals surface area contributed by atoms with Gasteiger partial charge in [0.1, 0.15) is 0 Å². The zero-order valence-electron chi connectivity index (χ0n) is 11.8. The summed E-state index contributed by atoms with van der Waals surface area (Å²) in [5.41, 5.74) is 2.52. The standard InChI is InChI=1S/C16H28O/c1-4-14(2)8-7-9-15(3)10-13-16(17)11-5-6-12-16/h8,10,17H,4-7,9,11-13H2,1-3H3/b14-8+,15-10+. The minimum atomic E-state index is -0.379. The second-order valence-corrected chi connectivity index (χ2v) is 5.63. The van der Waals surface area contributed by atoms with Crippen LogP contribution in [0, 0.1) is 0 Å². The van der Waals surface area contributed by atoms with E-state index in [0.29, 0.717) is 0 Å². The van der Waals surface area contributed by atoms with Crippen LogP contribution in [0.1, 0.15) is 72.1 Å². The first-order chi connectivity index (χ1) is 8.06. The molecule has 1 rings (SSSR count). The van der Waals surface area contributed by atoms with Crippen molar-refractivity contribution in [2.24, 2.45) is 0 Å². The average Bonchev–Trinajstić information content (AvgIpc) is 2.74. The first-order valence-corrected chi connectivity index (χ1v) is 7.09. The van der Waals surface area contributed by atoms with Crippen LogP contribution in [0.4, 0.5) is 0 Å². The number of hydrogen-bond donors (Lipinski definition) is 1. The monoisotopic (exact) mass is 236 g/mol. The van der Waals surface area contributed by atoms with Crippen molar-refractivity contribution >= 4 is 0 Å². The van der Waals surface area contributed by atoms with Gasteiger partial charge in [-0.1, -0.05) is 43.1 Å². The summed E-state index contributed by atoms with van der Waals surface area (Å²) in [7, 11) is 0. The molecule has 0 saturated heterocycles. The fraction of sp³-hybridized carbons (Fsp3) is 0.750. The van der Waals surface area contributed by atoms with E-state index in [9.17, 15) is 5.11 Å². The molecule has 17 heavy (non-hydrogen) atoms. The molecule has 0 atom stereocenters. The maximum Gasteiger partial charge on any atom is 0.0682 e. The van der Waals surface area contributed by atoms with Crippen molar-refractivity contribution in [2.45, 2.75) is 77.7 Å². The molecule has 0 aromatic rings. The van der Waals surface area contributed by atoms with E-state index < -0.39 is 0 Å². The molecule has 1 aliphatic rings. The molecule has 1 saturated carbocycles. The predicted molar refractivity (Wildman–Crippen MR) is 75.1 cm³/mol. The topological polar surface area (TPSA) is 20.2 Å². The molecule has 0 unspecified atom stereocenters. The van der Waals surface area contributed by atoms with Gasteiger partial charge < -0.3 is 5.11 Å². The van der Waals surface area contributed by atoms with Crippen LogP contribution < -0.4 is 0 Å². The highest BCUT2D eigenvalue weighted by Gasteiger charge is 2.29. The van der Waals surface area contributed by atoms with E-state index >= 15 is 0 Å². The van der Waals surface area contributed by atoms with E-state index in [-0.39, 0.29) is 5.60 Å². The fourth-order valence-corrected chi connectivity index (χ4v) is 2.39. The smallest absolute Gasteiger partial charge is 0.0682 e. The average molecular weight is 236 g/mol. The maximum absolute atomic E-state index is 10.2. The van der Waals surface area contributed by atoms with Crippen LogP contribution in [0.2, 0.25) is 0 Å². The maximum atomic E-state index is 10.2. The van der Waals surface area contributed by atoms with Gasteiger partial charge in [0, 0.05) is 0 Å². The van der Waals surface area contributed by atoms with Crippen LogP contribution in [0.3, 0.4) is 0 Å². The minimum Gasteiger partial charge on any atom is -0.390 e. The lowest BCUT2D eigenvalue weighted by molar-refractivity contribution is 0.0507. The zero-order valence-corrected chi connectivity index (χ0v) is 11.8. The van der Waals surface area contributed by atoms with E-state index in [4.69, 9.17) is 0 Å². The Hall–Kier alpha value is -0.560. The van der Waals surface area contributed by atoms with E-state index in [1.54, 1.807) is 0 Å². The van der Waals surface area contributed by atoms with Gasteiger partial charge in [-0.3, -0.25) is 0 Å². The van der Waals surface area contributed by atoms with Gasteiger partial charge in [0.2, 0.25) is 0 Å². The number of aliphatic hydroxyl groups is 1. The molecule has 1 fully saturated rings. The molecule has 98 valence electrons. The van der Waals surface area contributed by atoms with Gasteiger partial charge in [-0.25, -0.2) is 0 Å². The largest absolute Gasteiger partial charge is 0.390 e. The zero-order chi connectivity index (χ0) is 12.7. The van der Waals surface area contributed by atoms with Gasteiger partial charge in [-0.05, 0) is 52.4 Å². The van der Waals surface area contributed by atoms with E-state index in [1.165, 1.54) is 24.0 Å². The molecule has 0 radical (unpaired) electrons. The lowest BCUT2D eigenvalue weighted by atomic mass is 9.96. The highest BCUT2D eigenvalue weighted by atomic mass is 16.3. The summed E-state index contributed by atoms with van der Waals surface area (Å²) in [4.78, 5) is 0. The van der Waals surface area contributed by atoms with Crippen LogP contribution in [-0.4, -0.2) is 10.7 Å². The molecule has 1 nitrogen and oxygen atoms in total. The van der Waals surface area contributed by atoms with Crippen molar-refractivity contribution in [1.29, 1.82) is 0 Å². The SMILES string of the molecule is CC/C(C)=C/CC/C(C)=C/CC1(O)CCCC1. The third kappa shape index (κ3) is 5.54. The van der Waals surface area contributed by atoms with E-state index in [2.05, 4.69) is 32.9 Å². The quantitative estimate of drug-likeness (QED) is 0.659. The normalized spacial score (nSPS) is 20.9. The summed E-state index contributed by atoms with van der Waals surface area (Å²) in [5.74, 6) is 0. The molecule has 1 aliphatic carbocycles. The second-order valence-electron chi connectivity index (χ2n) is 5.63. The molecular formula is C16H28O. The molecule has 0 aromatic carbocycles. The summed E-state index contributed by atoms with van der Waals surface area (Å²) in [6.07, 6.45) is 13.2. The molecule has 0 spiro atoms. The summed E-state index contributed by atoms with van der Waals surface area (Å²) in [6, 6.07) is 0. The van der Waals surface area contributed by atoms with Gasteiger partial charge in [-0.15, -0.1) is 0 Å². The molecule has 0 heterocycles. The summed E-state index contributed by atoms with van der Waals surface area (Å²) in [6.45, 7) is 6.58. The van der Waals surface area contributed by atoms with Crippen LogP contribution in [0.25, 0.3) is 0 Å². The highest BCUT2D eigenvalue weighted by molar-refractivity contribution is 5.05. The molecule has 0 aliphatic heterocycles. The number of hydrogen-bond acceptors (Lipinski definition) is 1. The van der Waals surface area contributed by atoms with Gasteiger partial charge in [-0.2, -0.15) is 0 Å². The van der Waals surface area contributed by atoms with Crippen molar-refractivity contribution in [3.8, 4) is 0 Å². The van der Waals surface area contributed by atoms with E-state index in [1.807, 2.05) is 0 Å². The fourth-order valence-electron chi connectivity index (χ4n) is 2.39. The first-order valence-electron chi connectivity index (χ1n) is 7.09. The van der Waals surface area contributed by atoms with Crippen LogP contribution >= 0.6 is 0 Å². The number of allylic oxidation sites excluding steroid dienone is 3. The van der Waals surface area contributed by atoms with Crippen molar-refractivity contribution in [3.63, 3.8) is 0 Å². The molecular weight excluding hydrogens is 208 g/mol. The van der Waals surface area contributed by atoms with Gasteiger partial charge >= 0.3 is 0 Å². The molecule has 1 N–H and O–H groups in total. The first kappa shape index (κ1) is 14.5. The Kier molecular flexibility index (Phi) is 5.97. The van der Waals surface area contributed by atoms with Gasteiger partial charge in [0.15, 0.2) is 0 Å². The second kappa shape index (κ2) is 7.00. The highest BCUT2D eigenvalue weighted by Crippen LogP contribution is 2.33. The Labute approximate surface area is 107 Å². The van der Waals surface area contributed by atoms with Crippen molar-refractivity contribution in [2.75, 3.05) is 0 Å². The summed E-state index contributed by atoms with van der Waals surface area (Å²) in [5, 5.41) is 10.2. The predicted octanol–water partition coefficient (Wildman–Crippen LogP) is 4.76. The Bertz CT molecular complexity index is 280. The molecule has 0 aromatic heterocycles. The minimum absolute atomic E-state index is 0.379. The van der Waals surface area contributed by atoms with Crippen LogP contribution in [-0.2, 0) is 0 Å². The Morgan fingerprint density at radius 2 is 1.76 bits per heavy atom. The molecule has 0 amide bonds. The summed E-state index contributed by atoms with van der Waals surface area (Å²) >= 11 is 0. The van der Waals surface area contributed by atoms with Crippen molar-refractivity contribution < 1.29 is 5.11 Å². The molecule has 1 heteroatoms. The van der Waals surface area contributed by atoms with Crippen molar-refractivity contribution in [1.82, 2.24) is 0 Å². The Morgan fingerprint density at radius 1 is 1.12 bits per heavy atom. The Morgan fingerprint density at radius 3 is 2.35 bits per heavy atom. The number of rotatable bonds is 6. The van der Waals surface area contributed by atoms with Crippen LogP contribution in [0.5, 0.6) is 0 Å². The molecule has 0 bridgehead atoms. The third-order valence-corrected chi connectivity index (χ3v) is 3.95. The lowest BCUT2D eigenvalue weighted by Crippen LogP contribution is -2.22. The van der Waals surface area contributed by atoms with Crippen LogP contribution in [0.15, 0.2) is 23.3 Å². The summed E-state index contributed by atoms with van der Waals surface area (Å²) < 4.78 is 0.